The van der Waals surface area contributed by atoms with Gasteiger partial charge < -0.3 is 15.0 Å². The number of aryl methyl sites for hydroxylation is 1. The summed E-state index contributed by atoms with van der Waals surface area (Å²) in [5.74, 6) is 0.00202. The average molecular weight is 380 g/mol. The molecule has 5 heteroatoms. The van der Waals surface area contributed by atoms with E-state index in [1.807, 2.05) is 19.1 Å². The molecule has 1 heterocycles. The smallest absolute Gasteiger partial charge is 0.241 e. The van der Waals surface area contributed by atoms with Gasteiger partial charge in [-0.15, -0.1) is 0 Å². The van der Waals surface area contributed by atoms with Gasteiger partial charge >= 0.3 is 0 Å². The number of ether oxygens (including phenoxy) is 1. The van der Waals surface area contributed by atoms with Gasteiger partial charge in [-0.25, -0.2) is 0 Å². The van der Waals surface area contributed by atoms with Crippen LogP contribution < -0.4 is 15.5 Å². The number of nitrogens with zero attached hydrogens (tertiary/aromatic N) is 1. The lowest BCUT2D eigenvalue weighted by molar-refractivity contribution is -0.118. The number of nitrogens with one attached hydrogen (secondary N) is 2. The number of carbonyl (C=O) groups excluding carboxylic acids is 1. The molecule has 2 aromatic rings. The number of fused-ring (bicyclic) bond motifs is 1. The molecule has 28 heavy (non-hydrogen) atoms. The monoisotopic (exact) mass is 379 g/mol. The lowest BCUT2D eigenvalue weighted by Gasteiger charge is -2.29. The molecule has 1 amide bonds. The van der Waals surface area contributed by atoms with Gasteiger partial charge in [-0.2, -0.15) is 0 Å². The first-order valence-electron chi connectivity index (χ1n) is 10.3. The van der Waals surface area contributed by atoms with E-state index in [1.54, 1.807) is 0 Å². The maximum atomic E-state index is 12.7. The molecule has 1 fully saturated rings. The van der Waals surface area contributed by atoms with Crippen molar-refractivity contribution in [2.75, 3.05) is 36.5 Å². The highest BCUT2D eigenvalue weighted by molar-refractivity contribution is 5.94. The van der Waals surface area contributed by atoms with Gasteiger partial charge in [-0.3, -0.25) is 10.1 Å². The van der Waals surface area contributed by atoms with E-state index in [4.69, 9.17) is 4.74 Å². The second kappa shape index (κ2) is 8.76. The molecular weight excluding hydrogens is 350 g/mol. The van der Waals surface area contributed by atoms with Crippen molar-refractivity contribution in [1.29, 1.82) is 0 Å². The second-order valence-corrected chi connectivity index (χ2v) is 7.67. The maximum absolute atomic E-state index is 12.7. The molecule has 2 N–H and O–H groups in total. The minimum absolute atomic E-state index is 0.00202. The highest BCUT2D eigenvalue weighted by Gasteiger charge is 2.23. The summed E-state index contributed by atoms with van der Waals surface area (Å²) < 4.78 is 5.40. The Kier molecular flexibility index (Phi) is 5.93. The highest BCUT2D eigenvalue weighted by atomic mass is 16.5. The third-order valence-corrected chi connectivity index (χ3v) is 5.72. The van der Waals surface area contributed by atoms with Crippen LogP contribution in [0.1, 0.15) is 36.9 Å². The number of amides is 1. The Hall–Kier alpha value is -2.37. The van der Waals surface area contributed by atoms with E-state index in [0.29, 0.717) is 0 Å². The summed E-state index contributed by atoms with van der Waals surface area (Å²) in [6.07, 6.45) is 3.36. The van der Waals surface area contributed by atoms with Crippen molar-refractivity contribution >= 4 is 17.3 Å². The fourth-order valence-corrected chi connectivity index (χ4v) is 4.13. The van der Waals surface area contributed by atoms with E-state index in [2.05, 4.69) is 51.9 Å². The Balaban J connectivity index is 1.34. The summed E-state index contributed by atoms with van der Waals surface area (Å²) in [6, 6.07) is 16.6. The van der Waals surface area contributed by atoms with E-state index < -0.39 is 0 Å². The van der Waals surface area contributed by atoms with Crippen LogP contribution >= 0.6 is 0 Å². The van der Waals surface area contributed by atoms with E-state index in [9.17, 15) is 4.79 Å². The van der Waals surface area contributed by atoms with Crippen LogP contribution in [0.4, 0.5) is 11.4 Å². The molecule has 1 aliphatic heterocycles. The Morgan fingerprint density at radius 3 is 2.64 bits per heavy atom. The van der Waals surface area contributed by atoms with E-state index in [-0.39, 0.29) is 18.0 Å². The molecule has 0 spiro atoms. The predicted octanol–water partition coefficient (Wildman–Crippen LogP) is 3.52. The molecule has 0 unspecified atom stereocenters. The minimum atomic E-state index is -0.255. The SMILES string of the molecule is C[C@@H](N[C@@H]1CCCc2ccccc21)C(=O)Nc1ccc(N2CCOCC2)cc1. The van der Waals surface area contributed by atoms with E-state index >= 15 is 0 Å². The van der Waals surface area contributed by atoms with Crippen LogP contribution in [0.3, 0.4) is 0 Å². The summed E-state index contributed by atoms with van der Waals surface area (Å²) in [5.41, 5.74) is 4.74. The molecule has 0 bridgehead atoms. The zero-order chi connectivity index (χ0) is 19.3. The Labute approximate surface area is 167 Å². The normalized spacial score (nSPS) is 20.3. The van der Waals surface area contributed by atoms with Gasteiger partial charge in [0.2, 0.25) is 5.91 Å². The van der Waals surface area contributed by atoms with Crippen LogP contribution in [0.25, 0.3) is 0 Å². The summed E-state index contributed by atoms with van der Waals surface area (Å²) >= 11 is 0. The molecule has 1 aliphatic carbocycles. The van der Waals surface area contributed by atoms with Gasteiger partial charge in [0.1, 0.15) is 0 Å². The lowest BCUT2D eigenvalue weighted by atomic mass is 9.87. The topological polar surface area (TPSA) is 53.6 Å². The van der Waals surface area contributed by atoms with Crippen LogP contribution in [-0.2, 0) is 16.0 Å². The number of benzene rings is 2. The molecular formula is C23H29N3O2. The van der Waals surface area contributed by atoms with E-state index in [1.165, 1.54) is 16.8 Å². The number of rotatable bonds is 5. The Morgan fingerprint density at radius 2 is 1.86 bits per heavy atom. The Morgan fingerprint density at radius 1 is 1.11 bits per heavy atom. The minimum Gasteiger partial charge on any atom is -0.378 e. The molecule has 5 nitrogen and oxygen atoms in total. The van der Waals surface area contributed by atoms with Gasteiger partial charge in [-0.05, 0) is 61.6 Å². The molecule has 0 saturated carbocycles. The van der Waals surface area contributed by atoms with Gasteiger partial charge in [0, 0.05) is 30.5 Å². The number of anilines is 2. The molecule has 0 radical (unpaired) electrons. The fourth-order valence-electron chi connectivity index (χ4n) is 4.13. The summed E-state index contributed by atoms with van der Waals surface area (Å²) in [5, 5.41) is 6.56. The molecule has 2 atom stereocenters. The van der Waals surface area contributed by atoms with Crippen LogP contribution in [0.15, 0.2) is 48.5 Å². The second-order valence-electron chi connectivity index (χ2n) is 7.67. The highest BCUT2D eigenvalue weighted by Crippen LogP contribution is 2.29. The van der Waals surface area contributed by atoms with Crippen LogP contribution in [-0.4, -0.2) is 38.3 Å². The molecule has 4 rings (SSSR count). The fraction of sp³-hybridized carbons (Fsp3) is 0.435. The van der Waals surface area contributed by atoms with Gasteiger partial charge in [0.05, 0.1) is 19.3 Å². The van der Waals surface area contributed by atoms with Crippen LogP contribution in [0, 0.1) is 0 Å². The zero-order valence-corrected chi connectivity index (χ0v) is 16.5. The lowest BCUT2D eigenvalue weighted by Crippen LogP contribution is -2.41. The van der Waals surface area contributed by atoms with Gasteiger partial charge in [0.15, 0.2) is 0 Å². The number of hydrogen-bond donors (Lipinski definition) is 2. The van der Waals surface area contributed by atoms with Crippen molar-refractivity contribution < 1.29 is 9.53 Å². The number of hydrogen-bond acceptors (Lipinski definition) is 4. The predicted molar refractivity (Wildman–Crippen MR) is 113 cm³/mol. The third kappa shape index (κ3) is 4.37. The molecule has 2 aliphatic rings. The van der Waals surface area contributed by atoms with Crippen molar-refractivity contribution in [2.24, 2.45) is 0 Å². The van der Waals surface area contributed by atoms with Gasteiger partial charge in [-0.1, -0.05) is 24.3 Å². The first kappa shape index (κ1) is 19.0. The summed E-state index contributed by atoms with van der Waals surface area (Å²) in [6.45, 7) is 5.30. The third-order valence-electron chi connectivity index (χ3n) is 5.72. The van der Waals surface area contributed by atoms with Crippen molar-refractivity contribution in [3.8, 4) is 0 Å². The van der Waals surface area contributed by atoms with Gasteiger partial charge in [0.25, 0.3) is 0 Å². The van der Waals surface area contributed by atoms with Crippen molar-refractivity contribution in [3.63, 3.8) is 0 Å². The van der Waals surface area contributed by atoms with Crippen molar-refractivity contribution in [1.82, 2.24) is 5.32 Å². The standard InChI is InChI=1S/C23H29N3O2/c1-17(24-22-8-4-6-18-5-2-3-7-21(18)22)23(27)25-19-9-11-20(12-10-19)26-13-15-28-16-14-26/h2-3,5,7,9-12,17,22,24H,4,6,8,13-16H2,1H3,(H,25,27)/t17-,22-/m1/s1. The first-order chi connectivity index (χ1) is 13.7. The molecule has 148 valence electrons. The summed E-state index contributed by atoms with van der Waals surface area (Å²) in [4.78, 5) is 15.0. The van der Waals surface area contributed by atoms with Crippen molar-refractivity contribution in [3.05, 3.63) is 59.7 Å². The number of carbonyl (C=O) groups is 1. The molecule has 0 aromatic heterocycles. The first-order valence-corrected chi connectivity index (χ1v) is 10.3. The van der Waals surface area contributed by atoms with Crippen LogP contribution in [0.2, 0.25) is 0 Å². The zero-order valence-electron chi connectivity index (χ0n) is 16.5. The maximum Gasteiger partial charge on any atom is 0.241 e. The van der Waals surface area contributed by atoms with Crippen LogP contribution in [0.5, 0.6) is 0 Å². The quantitative estimate of drug-likeness (QED) is 0.835. The molecule has 2 aromatic carbocycles. The van der Waals surface area contributed by atoms with E-state index in [0.717, 1.165) is 51.3 Å². The average Bonchev–Trinajstić information content (AvgIpc) is 2.75. The van der Waals surface area contributed by atoms with Crippen molar-refractivity contribution in [2.45, 2.75) is 38.3 Å². The largest absolute Gasteiger partial charge is 0.378 e. The number of morpholine rings is 1. The summed E-state index contributed by atoms with van der Waals surface area (Å²) in [7, 11) is 0. The molecule has 1 saturated heterocycles. The Bertz CT molecular complexity index is 800.